The maximum Gasteiger partial charge on any atom is 0.220 e. The van der Waals surface area contributed by atoms with E-state index in [9.17, 15) is 9.59 Å². The lowest BCUT2D eigenvalue weighted by atomic mass is 9.86. The average molecular weight is 212 g/mol. The Kier molecular flexibility index (Phi) is 4.59. The van der Waals surface area contributed by atoms with Gasteiger partial charge >= 0.3 is 0 Å². The van der Waals surface area contributed by atoms with E-state index in [4.69, 9.17) is 5.73 Å². The molecule has 4 heteroatoms. The fraction of sp³-hybridized carbons (Fsp3) is 0.818. The van der Waals surface area contributed by atoms with Crippen LogP contribution in [0.2, 0.25) is 0 Å². The highest BCUT2D eigenvalue weighted by atomic mass is 16.2. The maximum absolute atomic E-state index is 11.4. The van der Waals surface area contributed by atoms with Gasteiger partial charge in [0.15, 0.2) is 0 Å². The zero-order chi connectivity index (χ0) is 11.3. The first-order chi connectivity index (χ1) is 7.09. The van der Waals surface area contributed by atoms with Crippen LogP contribution in [-0.4, -0.2) is 17.9 Å². The van der Waals surface area contributed by atoms with Gasteiger partial charge in [0.2, 0.25) is 11.8 Å². The summed E-state index contributed by atoms with van der Waals surface area (Å²) in [7, 11) is 0. The highest BCUT2D eigenvalue weighted by molar-refractivity contribution is 5.82. The molecule has 1 saturated carbocycles. The molecule has 2 amide bonds. The van der Waals surface area contributed by atoms with Crippen LogP contribution in [0.4, 0.5) is 0 Å². The number of nitrogens with two attached hydrogens (primary N) is 1. The molecule has 1 rings (SSSR count). The minimum absolute atomic E-state index is 0.0486. The van der Waals surface area contributed by atoms with Gasteiger partial charge in [-0.15, -0.1) is 0 Å². The van der Waals surface area contributed by atoms with E-state index in [1.54, 1.807) is 0 Å². The monoisotopic (exact) mass is 212 g/mol. The van der Waals surface area contributed by atoms with Crippen molar-refractivity contribution >= 4 is 11.8 Å². The van der Waals surface area contributed by atoms with Gasteiger partial charge in [-0.2, -0.15) is 0 Å². The van der Waals surface area contributed by atoms with Gasteiger partial charge in [-0.25, -0.2) is 0 Å². The van der Waals surface area contributed by atoms with Crippen LogP contribution >= 0.6 is 0 Å². The molecule has 15 heavy (non-hydrogen) atoms. The molecule has 1 fully saturated rings. The summed E-state index contributed by atoms with van der Waals surface area (Å²) >= 11 is 0. The normalized spacial score (nSPS) is 25.9. The highest BCUT2D eigenvalue weighted by Gasteiger charge is 2.22. The Morgan fingerprint density at radius 2 is 1.93 bits per heavy atom. The molecular formula is C11H20N2O2. The molecule has 3 N–H and O–H groups in total. The topological polar surface area (TPSA) is 72.2 Å². The highest BCUT2D eigenvalue weighted by Crippen LogP contribution is 2.23. The van der Waals surface area contributed by atoms with Gasteiger partial charge < -0.3 is 11.1 Å². The van der Waals surface area contributed by atoms with Crippen LogP contribution < -0.4 is 11.1 Å². The van der Waals surface area contributed by atoms with E-state index >= 15 is 0 Å². The van der Waals surface area contributed by atoms with Crippen LogP contribution in [0.1, 0.15) is 45.4 Å². The third kappa shape index (κ3) is 4.32. The predicted octanol–water partition coefficient (Wildman–Crippen LogP) is 0.947. The SMILES string of the molecule is CC1CCCCC1NC(=O)CCC(N)=O. The Morgan fingerprint density at radius 1 is 1.27 bits per heavy atom. The molecule has 1 aliphatic carbocycles. The number of carbonyl (C=O) groups is 2. The quantitative estimate of drug-likeness (QED) is 0.728. The summed E-state index contributed by atoms with van der Waals surface area (Å²) in [5.41, 5.74) is 4.98. The molecule has 1 aliphatic rings. The lowest BCUT2D eigenvalue weighted by Gasteiger charge is -2.29. The molecule has 0 aromatic heterocycles. The van der Waals surface area contributed by atoms with Crippen molar-refractivity contribution in [2.24, 2.45) is 11.7 Å². The Morgan fingerprint density at radius 3 is 2.53 bits per heavy atom. The number of rotatable bonds is 4. The van der Waals surface area contributed by atoms with Gasteiger partial charge in [0.1, 0.15) is 0 Å². The first-order valence-electron chi connectivity index (χ1n) is 5.67. The lowest BCUT2D eigenvalue weighted by Crippen LogP contribution is -2.41. The summed E-state index contributed by atoms with van der Waals surface area (Å²) in [6, 6.07) is 0.291. The van der Waals surface area contributed by atoms with E-state index in [0.717, 1.165) is 6.42 Å². The van der Waals surface area contributed by atoms with Gasteiger partial charge in [0.05, 0.1) is 0 Å². The molecule has 0 saturated heterocycles. The molecule has 4 nitrogen and oxygen atoms in total. The molecule has 0 radical (unpaired) electrons. The van der Waals surface area contributed by atoms with Crippen molar-refractivity contribution in [3.8, 4) is 0 Å². The lowest BCUT2D eigenvalue weighted by molar-refractivity contribution is -0.125. The third-order valence-electron chi connectivity index (χ3n) is 3.06. The Labute approximate surface area is 90.6 Å². The summed E-state index contributed by atoms with van der Waals surface area (Å²) in [6.45, 7) is 2.16. The number of primary amides is 1. The molecule has 0 aromatic rings. The number of hydrogen-bond acceptors (Lipinski definition) is 2. The van der Waals surface area contributed by atoms with E-state index in [-0.39, 0.29) is 18.7 Å². The average Bonchev–Trinajstić information content (AvgIpc) is 2.18. The summed E-state index contributed by atoms with van der Waals surface area (Å²) in [4.78, 5) is 21.9. The van der Waals surface area contributed by atoms with Gasteiger partial charge in [-0.3, -0.25) is 9.59 Å². The number of hydrogen-bond donors (Lipinski definition) is 2. The summed E-state index contributed by atoms with van der Waals surface area (Å²) in [5.74, 6) is 0.0886. The van der Waals surface area contributed by atoms with Crippen LogP contribution in [-0.2, 0) is 9.59 Å². The number of nitrogens with one attached hydrogen (secondary N) is 1. The van der Waals surface area contributed by atoms with Crippen molar-refractivity contribution in [3.05, 3.63) is 0 Å². The van der Waals surface area contributed by atoms with E-state index in [0.29, 0.717) is 12.0 Å². The molecule has 0 bridgehead atoms. The molecular weight excluding hydrogens is 192 g/mol. The third-order valence-corrected chi connectivity index (χ3v) is 3.06. The Balaban J connectivity index is 2.26. The fourth-order valence-electron chi connectivity index (χ4n) is 2.05. The van der Waals surface area contributed by atoms with E-state index in [1.807, 2.05) is 0 Å². The van der Waals surface area contributed by atoms with Gasteiger partial charge in [0, 0.05) is 18.9 Å². The van der Waals surface area contributed by atoms with E-state index in [1.165, 1.54) is 19.3 Å². The molecule has 0 spiro atoms. The molecule has 86 valence electrons. The minimum Gasteiger partial charge on any atom is -0.370 e. The van der Waals surface area contributed by atoms with Crippen LogP contribution in [0, 0.1) is 5.92 Å². The van der Waals surface area contributed by atoms with Crippen molar-refractivity contribution in [2.75, 3.05) is 0 Å². The van der Waals surface area contributed by atoms with Gasteiger partial charge in [-0.05, 0) is 18.8 Å². The molecule has 2 unspecified atom stereocenters. The first-order valence-corrected chi connectivity index (χ1v) is 5.67. The Bertz CT molecular complexity index is 241. The smallest absolute Gasteiger partial charge is 0.220 e. The van der Waals surface area contributed by atoms with Gasteiger partial charge in [-0.1, -0.05) is 19.8 Å². The zero-order valence-corrected chi connectivity index (χ0v) is 9.29. The van der Waals surface area contributed by atoms with E-state index in [2.05, 4.69) is 12.2 Å². The zero-order valence-electron chi connectivity index (χ0n) is 9.29. The van der Waals surface area contributed by atoms with Crippen molar-refractivity contribution in [1.29, 1.82) is 0 Å². The van der Waals surface area contributed by atoms with Crippen LogP contribution in [0.15, 0.2) is 0 Å². The second-order valence-corrected chi connectivity index (χ2v) is 4.40. The molecule has 2 atom stereocenters. The number of amides is 2. The second kappa shape index (κ2) is 5.73. The van der Waals surface area contributed by atoms with Crippen molar-refractivity contribution in [1.82, 2.24) is 5.32 Å². The standard InChI is InChI=1S/C11H20N2O2/c1-8-4-2-3-5-9(8)13-11(15)7-6-10(12)14/h8-9H,2-7H2,1H3,(H2,12,14)(H,13,15). The maximum atomic E-state index is 11.4. The van der Waals surface area contributed by atoms with Crippen molar-refractivity contribution in [2.45, 2.75) is 51.5 Å². The largest absolute Gasteiger partial charge is 0.370 e. The van der Waals surface area contributed by atoms with Crippen LogP contribution in [0.25, 0.3) is 0 Å². The van der Waals surface area contributed by atoms with E-state index < -0.39 is 5.91 Å². The number of carbonyl (C=O) groups excluding carboxylic acids is 2. The predicted molar refractivity (Wildman–Crippen MR) is 58.0 cm³/mol. The Hall–Kier alpha value is -1.06. The molecule has 0 aromatic carbocycles. The van der Waals surface area contributed by atoms with Crippen LogP contribution in [0.3, 0.4) is 0 Å². The molecule has 0 aliphatic heterocycles. The minimum atomic E-state index is -0.415. The molecule has 0 heterocycles. The second-order valence-electron chi connectivity index (χ2n) is 4.40. The first kappa shape index (κ1) is 12.0. The van der Waals surface area contributed by atoms with Crippen molar-refractivity contribution in [3.63, 3.8) is 0 Å². The summed E-state index contributed by atoms with van der Waals surface area (Å²) in [6.07, 6.45) is 5.05. The van der Waals surface area contributed by atoms with Crippen molar-refractivity contribution < 1.29 is 9.59 Å². The summed E-state index contributed by atoms with van der Waals surface area (Å²) in [5, 5.41) is 2.98. The fourth-order valence-corrected chi connectivity index (χ4v) is 2.05. The van der Waals surface area contributed by atoms with Gasteiger partial charge in [0.25, 0.3) is 0 Å². The summed E-state index contributed by atoms with van der Waals surface area (Å²) < 4.78 is 0. The van der Waals surface area contributed by atoms with Crippen LogP contribution in [0.5, 0.6) is 0 Å².